The molecule has 0 radical (unpaired) electrons. The molecule has 2 N–H and O–H groups in total. The number of nitrogen functional groups attached to an aromatic ring is 1. The number of anilines is 1. The van der Waals surface area contributed by atoms with Gasteiger partial charge in [-0.15, -0.1) is 0 Å². The number of nitrogens with two attached hydrogens (primary N) is 1. The van der Waals surface area contributed by atoms with Gasteiger partial charge < -0.3 is 15.0 Å². The van der Waals surface area contributed by atoms with Crippen molar-refractivity contribution < 1.29 is 4.74 Å². The fourth-order valence-corrected chi connectivity index (χ4v) is 1.86. The molecular formula is C10H14N2O2. The second kappa shape index (κ2) is 3.46. The maximum atomic E-state index is 11.5. The summed E-state index contributed by atoms with van der Waals surface area (Å²) in [5.74, 6) is 0. The van der Waals surface area contributed by atoms with Crippen LogP contribution in [-0.4, -0.2) is 17.8 Å². The molecule has 1 aromatic heterocycles. The van der Waals surface area contributed by atoms with Gasteiger partial charge in [-0.25, -0.2) is 0 Å². The van der Waals surface area contributed by atoms with Crippen molar-refractivity contribution in [3.8, 4) is 0 Å². The van der Waals surface area contributed by atoms with E-state index in [4.69, 9.17) is 10.5 Å². The lowest BCUT2D eigenvalue weighted by atomic mass is 10.1. The Balaban J connectivity index is 2.61. The van der Waals surface area contributed by atoms with Crippen LogP contribution in [0.3, 0.4) is 0 Å². The summed E-state index contributed by atoms with van der Waals surface area (Å²) in [5, 5.41) is 0. The first-order valence-corrected chi connectivity index (χ1v) is 4.75. The molecule has 0 saturated heterocycles. The third kappa shape index (κ3) is 1.42. The third-order valence-corrected chi connectivity index (χ3v) is 2.66. The molecule has 0 fully saturated rings. The number of aromatic nitrogens is 1. The summed E-state index contributed by atoms with van der Waals surface area (Å²) >= 11 is 0. The number of hydrogen-bond donors (Lipinski definition) is 1. The van der Waals surface area contributed by atoms with Crippen LogP contribution in [0.2, 0.25) is 0 Å². The van der Waals surface area contributed by atoms with Gasteiger partial charge in [-0.1, -0.05) is 0 Å². The smallest absolute Gasteiger partial charge is 0.273 e. The summed E-state index contributed by atoms with van der Waals surface area (Å²) < 4.78 is 6.99. The van der Waals surface area contributed by atoms with Crippen LogP contribution < -0.4 is 11.3 Å². The Hall–Kier alpha value is -1.29. The van der Waals surface area contributed by atoms with E-state index in [1.54, 1.807) is 17.7 Å². The lowest BCUT2D eigenvalue weighted by molar-refractivity contribution is 0.146. The Morgan fingerprint density at radius 2 is 2.14 bits per heavy atom. The Labute approximate surface area is 82.3 Å². The maximum absolute atomic E-state index is 11.5. The van der Waals surface area contributed by atoms with E-state index in [2.05, 4.69) is 0 Å². The van der Waals surface area contributed by atoms with Crippen molar-refractivity contribution in [2.45, 2.75) is 12.8 Å². The number of hydrogen-bond acceptors (Lipinski definition) is 3. The Morgan fingerprint density at radius 1 is 1.43 bits per heavy atom. The molecule has 0 aromatic carbocycles. The molecule has 4 nitrogen and oxygen atoms in total. The highest BCUT2D eigenvalue weighted by atomic mass is 16.5. The van der Waals surface area contributed by atoms with E-state index in [1.165, 1.54) is 0 Å². The first-order valence-electron chi connectivity index (χ1n) is 4.75. The highest BCUT2D eigenvalue weighted by Gasteiger charge is 2.13. The van der Waals surface area contributed by atoms with E-state index < -0.39 is 0 Å². The minimum atomic E-state index is -0.106. The van der Waals surface area contributed by atoms with Gasteiger partial charge in [0.25, 0.3) is 5.56 Å². The third-order valence-electron chi connectivity index (χ3n) is 2.66. The summed E-state index contributed by atoms with van der Waals surface area (Å²) in [6.07, 6.45) is 1.63. The van der Waals surface area contributed by atoms with E-state index in [1.807, 2.05) is 0 Å². The molecule has 0 spiro atoms. The SMILES string of the molecule is Cn1c2c(cc(N)c1=O)CCOCC2. The predicted octanol–water partition coefficient (Wildman–Crippen LogP) is 0.0827. The second-order valence-electron chi connectivity index (χ2n) is 3.55. The average molecular weight is 194 g/mol. The van der Waals surface area contributed by atoms with Crippen molar-refractivity contribution in [2.75, 3.05) is 18.9 Å². The predicted molar refractivity (Wildman–Crippen MR) is 54.3 cm³/mol. The van der Waals surface area contributed by atoms with Crippen LogP contribution in [0.25, 0.3) is 0 Å². The van der Waals surface area contributed by atoms with Crippen LogP contribution in [-0.2, 0) is 24.6 Å². The molecule has 76 valence electrons. The summed E-state index contributed by atoms with van der Waals surface area (Å²) in [7, 11) is 1.77. The van der Waals surface area contributed by atoms with Gasteiger partial charge in [0.05, 0.1) is 18.9 Å². The van der Waals surface area contributed by atoms with Crippen LogP contribution in [0, 0.1) is 0 Å². The molecule has 14 heavy (non-hydrogen) atoms. The number of fused-ring (bicyclic) bond motifs is 1. The van der Waals surface area contributed by atoms with Crippen molar-refractivity contribution in [3.63, 3.8) is 0 Å². The van der Waals surface area contributed by atoms with Crippen LogP contribution >= 0.6 is 0 Å². The number of pyridine rings is 1. The molecule has 1 aromatic rings. The van der Waals surface area contributed by atoms with Crippen LogP contribution in [0.4, 0.5) is 5.69 Å². The summed E-state index contributed by atoms with van der Waals surface area (Å²) in [4.78, 5) is 11.5. The van der Waals surface area contributed by atoms with Crippen LogP contribution in [0.5, 0.6) is 0 Å². The first-order chi connectivity index (χ1) is 6.70. The molecular weight excluding hydrogens is 180 g/mol. The number of nitrogens with zero attached hydrogens (tertiary/aromatic N) is 1. The molecule has 0 aliphatic carbocycles. The lowest BCUT2D eigenvalue weighted by Gasteiger charge is -2.11. The molecule has 1 aliphatic heterocycles. The van der Waals surface area contributed by atoms with Gasteiger partial charge in [-0.2, -0.15) is 0 Å². The Bertz CT molecular complexity index is 409. The molecule has 1 aliphatic rings. The maximum Gasteiger partial charge on any atom is 0.273 e. The minimum Gasteiger partial charge on any atom is -0.394 e. The quantitative estimate of drug-likeness (QED) is 0.636. The monoisotopic (exact) mass is 194 g/mol. The van der Waals surface area contributed by atoms with Gasteiger partial charge in [0.2, 0.25) is 0 Å². The Kier molecular flexibility index (Phi) is 2.29. The van der Waals surface area contributed by atoms with Crippen molar-refractivity contribution in [3.05, 3.63) is 27.7 Å². The van der Waals surface area contributed by atoms with Gasteiger partial charge in [-0.05, 0) is 18.1 Å². The zero-order chi connectivity index (χ0) is 10.1. The second-order valence-corrected chi connectivity index (χ2v) is 3.55. The fraction of sp³-hybridized carbons (Fsp3) is 0.500. The van der Waals surface area contributed by atoms with E-state index in [0.717, 1.165) is 24.1 Å². The molecule has 0 bridgehead atoms. The van der Waals surface area contributed by atoms with Crippen molar-refractivity contribution in [2.24, 2.45) is 7.05 Å². The normalized spacial score (nSPS) is 16.1. The summed E-state index contributed by atoms with van der Waals surface area (Å²) in [6.45, 7) is 1.40. The molecule has 2 rings (SSSR count). The standard InChI is InChI=1S/C10H14N2O2/c1-12-9-3-5-14-4-2-7(9)6-8(11)10(12)13/h6H,2-5,11H2,1H3. The number of rotatable bonds is 0. The van der Waals surface area contributed by atoms with Gasteiger partial charge in [0.15, 0.2) is 0 Å². The van der Waals surface area contributed by atoms with Crippen LogP contribution in [0.1, 0.15) is 11.3 Å². The minimum absolute atomic E-state index is 0.106. The van der Waals surface area contributed by atoms with Gasteiger partial charge >= 0.3 is 0 Å². The van der Waals surface area contributed by atoms with Gasteiger partial charge in [0, 0.05) is 19.2 Å². The van der Waals surface area contributed by atoms with Gasteiger partial charge in [-0.3, -0.25) is 4.79 Å². The largest absolute Gasteiger partial charge is 0.394 e. The van der Waals surface area contributed by atoms with E-state index in [9.17, 15) is 4.79 Å². The van der Waals surface area contributed by atoms with Gasteiger partial charge in [0.1, 0.15) is 0 Å². The summed E-state index contributed by atoms with van der Waals surface area (Å²) in [6, 6.07) is 1.78. The first kappa shape index (κ1) is 9.27. The van der Waals surface area contributed by atoms with Crippen molar-refractivity contribution >= 4 is 5.69 Å². The topological polar surface area (TPSA) is 57.2 Å². The molecule has 2 heterocycles. The zero-order valence-electron chi connectivity index (χ0n) is 8.25. The van der Waals surface area contributed by atoms with Crippen LogP contribution in [0.15, 0.2) is 10.9 Å². The summed E-state index contributed by atoms with van der Waals surface area (Å²) in [5.41, 5.74) is 8.04. The number of ether oxygens (including phenoxy) is 1. The highest BCUT2D eigenvalue weighted by molar-refractivity contribution is 5.41. The molecule has 4 heteroatoms. The van der Waals surface area contributed by atoms with Crippen molar-refractivity contribution in [1.82, 2.24) is 4.57 Å². The lowest BCUT2D eigenvalue weighted by Crippen LogP contribution is -2.24. The molecule has 0 atom stereocenters. The average Bonchev–Trinajstić information content (AvgIpc) is 2.39. The van der Waals surface area contributed by atoms with E-state index in [0.29, 0.717) is 18.9 Å². The van der Waals surface area contributed by atoms with E-state index in [-0.39, 0.29) is 5.56 Å². The zero-order valence-corrected chi connectivity index (χ0v) is 8.25. The Morgan fingerprint density at radius 3 is 2.93 bits per heavy atom. The molecule has 0 saturated carbocycles. The highest BCUT2D eigenvalue weighted by Crippen LogP contribution is 2.14. The molecule has 0 amide bonds. The van der Waals surface area contributed by atoms with E-state index >= 15 is 0 Å². The molecule has 0 unspecified atom stereocenters. The van der Waals surface area contributed by atoms with Crippen molar-refractivity contribution in [1.29, 1.82) is 0 Å². The fourth-order valence-electron chi connectivity index (χ4n) is 1.86.